The first-order valence-electron chi connectivity index (χ1n) is 24.1. The number of aliphatic hydroxyl groups excluding tert-OH is 2. The molecule has 0 aliphatic heterocycles. The number of nitrogens with one attached hydrogen (secondary N) is 4. The van der Waals surface area contributed by atoms with Gasteiger partial charge in [-0.2, -0.15) is 0 Å². The molecule has 0 spiro atoms. The number of hydrogen-bond donors (Lipinski definition) is 7. The Bertz CT molecular complexity index is 1870. The van der Waals surface area contributed by atoms with Crippen molar-refractivity contribution in [3.8, 4) is 11.5 Å². The predicted molar refractivity (Wildman–Crippen MR) is 266 cm³/mol. The van der Waals surface area contributed by atoms with Gasteiger partial charge in [-0.3, -0.25) is 33.6 Å². The number of phenols is 1. The summed E-state index contributed by atoms with van der Waals surface area (Å²) in [6.45, 7) is 10.8. The number of phenolic OH excluding ortho intramolecular Hbond substituents is 1. The standard InChI is InChI=1S/C16H25NO4.2C16H23NO2.C5H9NO3/c1-3-4-5-6-7-10-17-16(20)15(19)12-8-9-13(18)14(11-12)21-2;1-3-8-14(9-4-2)17-16(19)15(18)12-13-10-6-5-7-11-13;1-2-3-4-5-9-12-17-16(19)15(18)13-14-10-7-6-8-11-14;1-4(8)5(9)6-2-3-7/h8-9,11,15,18-19H,3-7,10H2,1-2H3,(H,17,20);5-7,10-11,14H,3-4,8-9,12H2,1-2H3,(H,17,19);6-8,10-11H,2-5,9,12-13H2,1H3,(H,17,19);7H,2-3H2,1H3,(H,6,9). The van der Waals surface area contributed by atoms with Crippen molar-refractivity contribution in [1.82, 2.24) is 21.3 Å². The average Bonchev–Trinajstić information content (AvgIpc) is 3.34. The van der Waals surface area contributed by atoms with E-state index in [2.05, 4.69) is 49.0 Å². The minimum Gasteiger partial charge on any atom is -0.504 e. The molecule has 1 unspecified atom stereocenters. The minimum absolute atomic E-state index is 0.0233. The fourth-order valence-corrected chi connectivity index (χ4v) is 6.35. The monoisotopic (exact) mass is 949 g/mol. The lowest BCUT2D eigenvalue weighted by Crippen LogP contribution is -2.39. The molecule has 0 radical (unpaired) electrons. The van der Waals surface area contributed by atoms with E-state index in [0.29, 0.717) is 18.7 Å². The van der Waals surface area contributed by atoms with Crippen molar-refractivity contribution in [2.75, 3.05) is 33.4 Å². The van der Waals surface area contributed by atoms with E-state index in [0.717, 1.165) is 62.5 Å². The summed E-state index contributed by atoms with van der Waals surface area (Å²) in [7, 11) is 1.42. The molecular weight excluding hydrogens is 869 g/mol. The highest BCUT2D eigenvalue weighted by atomic mass is 16.5. The zero-order valence-electron chi connectivity index (χ0n) is 41.4. The Labute approximate surface area is 404 Å². The summed E-state index contributed by atoms with van der Waals surface area (Å²) < 4.78 is 4.96. The number of carbonyl (C=O) groups is 7. The lowest BCUT2D eigenvalue weighted by atomic mass is 10.1. The van der Waals surface area contributed by atoms with Crippen molar-refractivity contribution in [2.24, 2.45) is 0 Å². The highest BCUT2D eigenvalue weighted by molar-refractivity contribution is 6.37. The van der Waals surface area contributed by atoms with Crippen molar-refractivity contribution >= 4 is 41.0 Å². The van der Waals surface area contributed by atoms with Gasteiger partial charge >= 0.3 is 0 Å². The zero-order valence-corrected chi connectivity index (χ0v) is 41.4. The molecule has 0 bridgehead atoms. The van der Waals surface area contributed by atoms with E-state index in [1.807, 2.05) is 60.7 Å². The molecule has 0 aliphatic rings. The summed E-state index contributed by atoms with van der Waals surface area (Å²) in [5, 5.41) is 38.1. The topological polar surface area (TPSA) is 238 Å². The van der Waals surface area contributed by atoms with Crippen LogP contribution in [0.3, 0.4) is 0 Å². The Kier molecular flexibility index (Phi) is 36.7. The van der Waals surface area contributed by atoms with E-state index in [1.165, 1.54) is 70.8 Å². The predicted octanol–water partition coefficient (Wildman–Crippen LogP) is 6.97. The molecule has 68 heavy (non-hydrogen) atoms. The van der Waals surface area contributed by atoms with Crippen molar-refractivity contribution in [3.05, 3.63) is 95.6 Å². The van der Waals surface area contributed by atoms with Crippen LogP contribution in [0.1, 0.15) is 147 Å². The number of carbonyl (C=O) groups excluding carboxylic acids is 7. The number of hydrogen-bond acceptors (Lipinski definition) is 11. The second-order valence-electron chi connectivity index (χ2n) is 16.2. The van der Waals surface area contributed by atoms with Crippen LogP contribution in [-0.2, 0) is 46.4 Å². The summed E-state index contributed by atoms with van der Waals surface area (Å²) in [5.41, 5.74) is 2.16. The molecule has 378 valence electrons. The third-order valence-corrected chi connectivity index (χ3v) is 10.2. The maximum atomic E-state index is 11.9. The van der Waals surface area contributed by atoms with Gasteiger partial charge in [-0.25, -0.2) is 0 Å². The van der Waals surface area contributed by atoms with Gasteiger partial charge in [-0.1, -0.05) is 159 Å². The number of rotatable bonds is 29. The number of Topliss-reactive ketones (excluding diaryl/α,β-unsaturated/α-hetero) is 3. The van der Waals surface area contributed by atoms with Crippen LogP contribution < -0.4 is 26.0 Å². The average molecular weight is 949 g/mol. The lowest BCUT2D eigenvalue weighted by molar-refractivity contribution is -0.138. The van der Waals surface area contributed by atoms with E-state index < -0.39 is 35.5 Å². The number of aliphatic hydroxyl groups is 2. The molecule has 4 amide bonds. The van der Waals surface area contributed by atoms with Crippen molar-refractivity contribution < 1.29 is 53.6 Å². The Balaban J connectivity index is 0.000000910. The molecule has 3 aromatic carbocycles. The summed E-state index contributed by atoms with van der Waals surface area (Å²) in [4.78, 5) is 79.3. The molecule has 3 aromatic rings. The van der Waals surface area contributed by atoms with E-state index in [9.17, 15) is 43.8 Å². The molecule has 0 heterocycles. The molecule has 15 heteroatoms. The minimum atomic E-state index is -1.25. The first-order chi connectivity index (χ1) is 32.7. The Morgan fingerprint density at radius 2 is 1.04 bits per heavy atom. The van der Waals surface area contributed by atoms with E-state index in [1.54, 1.807) is 0 Å². The summed E-state index contributed by atoms with van der Waals surface area (Å²) in [6.07, 6.45) is 14.3. The number of benzene rings is 3. The van der Waals surface area contributed by atoms with Crippen molar-refractivity contribution in [3.63, 3.8) is 0 Å². The maximum Gasteiger partial charge on any atom is 0.287 e. The third-order valence-electron chi connectivity index (χ3n) is 10.2. The van der Waals surface area contributed by atoms with Crippen molar-refractivity contribution in [2.45, 2.75) is 149 Å². The van der Waals surface area contributed by atoms with Gasteiger partial charge < -0.3 is 41.3 Å². The Morgan fingerprint density at radius 3 is 1.50 bits per heavy atom. The zero-order chi connectivity index (χ0) is 51.0. The summed E-state index contributed by atoms with van der Waals surface area (Å²) in [6, 6.07) is 23.2. The number of ether oxygens (including phenoxy) is 1. The van der Waals surface area contributed by atoms with Crippen LogP contribution >= 0.6 is 0 Å². The molecule has 15 nitrogen and oxygen atoms in total. The van der Waals surface area contributed by atoms with Crippen LogP contribution in [0.5, 0.6) is 11.5 Å². The quantitative estimate of drug-likeness (QED) is 0.0277. The summed E-state index contributed by atoms with van der Waals surface area (Å²) >= 11 is 0. The number of amides is 4. The highest BCUT2D eigenvalue weighted by Crippen LogP contribution is 2.29. The van der Waals surface area contributed by atoms with Crippen LogP contribution in [0, 0.1) is 0 Å². The van der Waals surface area contributed by atoms with Crippen LogP contribution in [0.25, 0.3) is 0 Å². The molecule has 0 aromatic heterocycles. The number of ketones is 3. The van der Waals surface area contributed by atoms with Crippen LogP contribution in [0.2, 0.25) is 0 Å². The van der Waals surface area contributed by atoms with Gasteiger partial charge in [0.1, 0.15) is 0 Å². The smallest absolute Gasteiger partial charge is 0.287 e. The Morgan fingerprint density at radius 1 is 0.574 bits per heavy atom. The molecule has 0 saturated carbocycles. The number of methoxy groups -OCH3 is 1. The number of aromatic hydroxyl groups is 1. The number of unbranched alkanes of at least 4 members (excludes halogenated alkanes) is 8. The summed E-state index contributed by atoms with van der Waals surface area (Å²) in [5.74, 6) is -3.03. The van der Waals surface area contributed by atoms with Gasteiger partial charge in [0.25, 0.3) is 23.6 Å². The first kappa shape index (κ1) is 62.1. The Hall–Kier alpha value is -5.93. The van der Waals surface area contributed by atoms with Crippen LogP contribution in [0.15, 0.2) is 78.9 Å². The fraction of sp³-hybridized carbons (Fsp3) is 0.528. The third kappa shape index (κ3) is 30.4. The highest BCUT2D eigenvalue weighted by Gasteiger charge is 2.20. The second kappa shape index (κ2) is 40.2. The van der Waals surface area contributed by atoms with Gasteiger partial charge in [0, 0.05) is 45.4 Å². The van der Waals surface area contributed by atoms with Crippen molar-refractivity contribution in [1.29, 1.82) is 0 Å². The molecule has 0 fully saturated rings. The fourth-order valence-electron chi connectivity index (χ4n) is 6.35. The molecular formula is C53H80N4O11. The SMILES string of the molecule is CC(=O)C(=O)NCCO.CCCC(CCC)NC(=O)C(=O)Cc1ccccc1.CCCCCCCNC(=O)C(=O)Cc1ccccc1.CCCCCCCNC(=O)C(O)c1ccc(O)c(OC)c1. The first-order valence-corrected chi connectivity index (χ1v) is 24.1. The largest absolute Gasteiger partial charge is 0.504 e. The molecule has 7 N–H and O–H groups in total. The molecule has 0 saturated heterocycles. The second-order valence-corrected chi connectivity index (χ2v) is 16.2. The van der Waals surface area contributed by atoms with E-state index >= 15 is 0 Å². The molecule has 3 rings (SSSR count). The van der Waals surface area contributed by atoms with Gasteiger partial charge in [0.2, 0.25) is 17.3 Å². The van der Waals surface area contributed by atoms with Gasteiger partial charge in [-0.05, 0) is 54.5 Å². The van der Waals surface area contributed by atoms with E-state index in [-0.39, 0.29) is 55.1 Å². The van der Waals surface area contributed by atoms with Gasteiger partial charge in [0.05, 0.1) is 13.7 Å². The normalized spacial score (nSPS) is 10.6. The van der Waals surface area contributed by atoms with Gasteiger partial charge in [-0.15, -0.1) is 0 Å². The van der Waals surface area contributed by atoms with Crippen LogP contribution in [0.4, 0.5) is 0 Å². The van der Waals surface area contributed by atoms with E-state index in [4.69, 9.17) is 9.84 Å². The molecule has 0 aliphatic carbocycles. The lowest BCUT2D eigenvalue weighted by Gasteiger charge is -2.16. The maximum absolute atomic E-state index is 11.9. The molecule has 1 atom stereocenters. The van der Waals surface area contributed by atoms with Gasteiger partial charge in [0.15, 0.2) is 17.6 Å². The van der Waals surface area contributed by atoms with Crippen LogP contribution in [-0.4, -0.2) is 95.7 Å².